The Labute approximate surface area is 78.9 Å². The monoisotopic (exact) mass is 199 g/mol. The van der Waals surface area contributed by atoms with Crippen molar-refractivity contribution < 1.29 is 0 Å². The van der Waals surface area contributed by atoms with E-state index in [4.69, 9.17) is 0 Å². The maximum absolute atomic E-state index is 3.03. The van der Waals surface area contributed by atoms with E-state index in [1.165, 1.54) is 10.6 Å². The number of hydrogen-bond donors (Lipinski definition) is 0. The lowest BCUT2D eigenvalue weighted by molar-refractivity contribution is 1.39. The third-order valence-electron chi connectivity index (χ3n) is 1.44. The molecule has 1 unspecified atom stereocenters. The Bertz CT molecular complexity index is 216. The second-order valence-corrected chi connectivity index (χ2v) is 6.39. The molecular formula is C8H7S3. The predicted molar refractivity (Wildman–Crippen MR) is 55.7 cm³/mol. The molecule has 0 nitrogen and oxygen atoms in total. The van der Waals surface area contributed by atoms with E-state index in [1.807, 2.05) is 45.5 Å². The van der Waals surface area contributed by atoms with Crippen molar-refractivity contribution in [3.63, 3.8) is 0 Å². The van der Waals surface area contributed by atoms with Crippen LogP contribution in [0.1, 0.15) is 10.1 Å². The van der Waals surface area contributed by atoms with E-state index >= 15 is 0 Å². The fourth-order valence-electron chi connectivity index (χ4n) is 0.916. The van der Waals surface area contributed by atoms with Gasteiger partial charge in [0.15, 0.2) is 0 Å². The summed E-state index contributed by atoms with van der Waals surface area (Å²) in [5.74, 6) is 0. The molecule has 1 aromatic carbocycles. The maximum Gasteiger partial charge on any atom is 0.0863 e. The number of benzene rings is 1. The van der Waals surface area contributed by atoms with Gasteiger partial charge in [0, 0.05) is 0 Å². The summed E-state index contributed by atoms with van der Waals surface area (Å²) in [5, 5.41) is 1.22. The number of rotatable bonds is 1. The topological polar surface area (TPSA) is 0 Å². The van der Waals surface area contributed by atoms with Gasteiger partial charge in [0.2, 0.25) is 0 Å². The maximum atomic E-state index is 3.03. The Morgan fingerprint density at radius 1 is 1.36 bits per heavy atom. The molecule has 1 aliphatic rings. The second-order valence-electron chi connectivity index (χ2n) is 2.16. The average molecular weight is 199 g/mol. The molecule has 0 aromatic heterocycles. The van der Waals surface area contributed by atoms with Crippen LogP contribution >= 0.6 is 33.3 Å². The lowest BCUT2D eigenvalue weighted by Crippen LogP contribution is -1.81. The van der Waals surface area contributed by atoms with Crippen LogP contribution in [-0.2, 0) is 0 Å². The molecule has 1 atom stereocenters. The molecule has 0 bridgehead atoms. The Hall–Kier alpha value is 0.270. The molecule has 0 saturated carbocycles. The molecule has 1 aliphatic heterocycles. The van der Waals surface area contributed by atoms with Gasteiger partial charge >= 0.3 is 0 Å². The minimum atomic E-state index is 0.648. The molecule has 0 aliphatic carbocycles. The van der Waals surface area contributed by atoms with Crippen molar-refractivity contribution >= 4 is 33.3 Å². The molecule has 1 aromatic rings. The van der Waals surface area contributed by atoms with E-state index in [2.05, 4.69) is 18.2 Å². The van der Waals surface area contributed by atoms with Gasteiger partial charge in [0.1, 0.15) is 0 Å². The molecule has 2 rings (SSSR count). The highest BCUT2D eigenvalue weighted by Crippen LogP contribution is 2.54. The Kier molecular flexibility index (Phi) is 2.72. The van der Waals surface area contributed by atoms with Gasteiger partial charge in [0.05, 0.1) is 9.67 Å². The van der Waals surface area contributed by atoms with Crippen molar-refractivity contribution in [2.75, 3.05) is 5.08 Å². The van der Waals surface area contributed by atoms with E-state index in [-0.39, 0.29) is 0 Å². The zero-order valence-corrected chi connectivity index (χ0v) is 8.27. The summed E-state index contributed by atoms with van der Waals surface area (Å²) in [7, 11) is 3.91. The average Bonchev–Trinajstić information content (AvgIpc) is 2.58. The molecule has 1 radical (unpaired) electrons. The minimum absolute atomic E-state index is 0.648. The summed E-state index contributed by atoms with van der Waals surface area (Å²) < 4.78 is 0.648. The van der Waals surface area contributed by atoms with Crippen molar-refractivity contribution in [1.82, 2.24) is 0 Å². The fourth-order valence-corrected chi connectivity index (χ4v) is 6.02. The van der Waals surface area contributed by atoms with E-state index in [0.29, 0.717) is 4.58 Å². The summed E-state index contributed by atoms with van der Waals surface area (Å²) in [6.45, 7) is 0. The van der Waals surface area contributed by atoms with Crippen LogP contribution < -0.4 is 0 Å². The highest BCUT2D eigenvalue weighted by molar-refractivity contribution is 8.82. The summed E-state index contributed by atoms with van der Waals surface area (Å²) in [4.78, 5) is 0. The Balaban J connectivity index is 2.16. The molecule has 0 amide bonds. The lowest BCUT2D eigenvalue weighted by Gasteiger charge is -2.04. The Morgan fingerprint density at radius 3 is 2.82 bits per heavy atom. The van der Waals surface area contributed by atoms with Crippen molar-refractivity contribution in [3.8, 4) is 0 Å². The SMILES string of the molecule is [c]1ccc(C2SCSS2)cc1. The van der Waals surface area contributed by atoms with Crippen LogP contribution in [0.25, 0.3) is 0 Å². The zero-order valence-electron chi connectivity index (χ0n) is 5.82. The second kappa shape index (κ2) is 3.78. The molecule has 11 heavy (non-hydrogen) atoms. The van der Waals surface area contributed by atoms with Crippen LogP contribution in [0.3, 0.4) is 0 Å². The van der Waals surface area contributed by atoms with Gasteiger partial charge in [-0.05, 0) is 11.6 Å². The molecule has 0 spiro atoms. The van der Waals surface area contributed by atoms with Gasteiger partial charge in [-0.3, -0.25) is 0 Å². The van der Waals surface area contributed by atoms with E-state index in [1.54, 1.807) is 0 Å². The van der Waals surface area contributed by atoms with Gasteiger partial charge < -0.3 is 0 Å². The van der Waals surface area contributed by atoms with Crippen LogP contribution in [0.15, 0.2) is 24.3 Å². The quantitative estimate of drug-likeness (QED) is 0.635. The molecule has 3 heteroatoms. The first kappa shape index (κ1) is 7.90. The molecule has 1 fully saturated rings. The molecular weight excluding hydrogens is 192 g/mol. The van der Waals surface area contributed by atoms with Gasteiger partial charge in [0.25, 0.3) is 0 Å². The molecule has 1 heterocycles. The largest absolute Gasteiger partial charge is 0.130 e. The highest BCUT2D eigenvalue weighted by atomic mass is 33.1. The summed E-state index contributed by atoms with van der Waals surface area (Å²) in [5.41, 5.74) is 1.42. The first-order valence-corrected chi connectivity index (χ1v) is 6.76. The standard InChI is InChI=1S/C8H7S3/c1-2-4-7(5-3-1)8-9-6-10-11-8/h2-5,8H,6H2. The number of hydrogen-bond acceptors (Lipinski definition) is 3. The normalized spacial score (nSPS) is 23.8. The van der Waals surface area contributed by atoms with E-state index < -0.39 is 0 Å². The van der Waals surface area contributed by atoms with Crippen molar-refractivity contribution in [1.29, 1.82) is 0 Å². The summed E-state index contributed by atoms with van der Waals surface area (Å²) in [6.07, 6.45) is 0. The molecule has 1 saturated heterocycles. The smallest absolute Gasteiger partial charge is 0.0863 e. The third-order valence-corrected chi connectivity index (χ3v) is 6.44. The third kappa shape index (κ3) is 1.89. The van der Waals surface area contributed by atoms with E-state index in [9.17, 15) is 0 Å². The zero-order chi connectivity index (χ0) is 7.52. The molecule has 57 valence electrons. The van der Waals surface area contributed by atoms with Crippen LogP contribution in [-0.4, -0.2) is 5.08 Å². The van der Waals surface area contributed by atoms with Crippen molar-refractivity contribution in [3.05, 3.63) is 35.9 Å². The lowest BCUT2D eigenvalue weighted by atomic mass is 10.2. The van der Waals surface area contributed by atoms with Gasteiger partial charge in [-0.1, -0.05) is 45.9 Å². The van der Waals surface area contributed by atoms with Crippen LogP contribution in [0.2, 0.25) is 0 Å². The Morgan fingerprint density at radius 2 is 2.18 bits per heavy atom. The van der Waals surface area contributed by atoms with Gasteiger partial charge in [-0.25, -0.2) is 0 Å². The van der Waals surface area contributed by atoms with Gasteiger partial charge in [-0.15, -0.1) is 11.8 Å². The highest BCUT2D eigenvalue weighted by Gasteiger charge is 2.18. The van der Waals surface area contributed by atoms with Crippen molar-refractivity contribution in [2.45, 2.75) is 4.58 Å². The van der Waals surface area contributed by atoms with Crippen LogP contribution in [0.4, 0.5) is 0 Å². The first-order valence-electron chi connectivity index (χ1n) is 3.33. The van der Waals surface area contributed by atoms with Crippen molar-refractivity contribution in [2.24, 2.45) is 0 Å². The predicted octanol–water partition coefficient (Wildman–Crippen LogP) is 3.57. The number of thioether (sulfide) groups is 1. The van der Waals surface area contributed by atoms with Gasteiger partial charge in [-0.2, -0.15) is 0 Å². The fraction of sp³-hybridized carbons (Fsp3) is 0.250. The summed E-state index contributed by atoms with van der Waals surface area (Å²) in [6, 6.07) is 11.3. The molecule has 0 N–H and O–H groups in total. The summed E-state index contributed by atoms with van der Waals surface area (Å²) >= 11 is 2.01. The van der Waals surface area contributed by atoms with Crippen LogP contribution in [0, 0.1) is 6.07 Å². The minimum Gasteiger partial charge on any atom is -0.130 e. The van der Waals surface area contributed by atoms with E-state index in [0.717, 1.165) is 0 Å². The first-order chi connectivity index (χ1) is 5.47. The van der Waals surface area contributed by atoms with Crippen LogP contribution in [0.5, 0.6) is 0 Å².